The van der Waals surface area contributed by atoms with Crippen molar-refractivity contribution in [3.8, 4) is 0 Å². The molecular formula is C15H24FN. The summed E-state index contributed by atoms with van der Waals surface area (Å²) in [4.78, 5) is 0. The van der Waals surface area contributed by atoms with E-state index < -0.39 is 0 Å². The van der Waals surface area contributed by atoms with E-state index in [-0.39, 0.29) is 5.82 Å². The maximum Gasteiger partial charge on any atom is 0.123 e. The first-order chi connectivity index (χ1) is 8.21. The normalized spacial score (nSPS) is 13.0. The summed E-state index contributed by atoms with van der Waals surface area (Å²) in [6, 6.07) is 7.41. The van der Waals surface area contributed by atoms with Gasteiger partial charge in [-0.1, -0.05) is 45.7 Å². The third kappa shape index (κ3) is 4.47. The van der Waals surface area contributed by atoms with Crippen LogP contribution in [0.3, 0.4) is 0 Å². The summed E-state index contributed by atoms with van der Waals surface area (Å²) in [5.74, 6) is 0.528. The minimum absolute atomic E-state index is 0.137. The van der Waals surface area contributed by atoms with Gasteiger partial charge in [0, 0.05) is 6.04 Å². The summed E-state index contributed by atoms with van der Waals surface area (Å²) in [5, 5.41) is 3.53. The van der Waals surface area contributed by atoms with Gasteiger partial charge in [0.1, 0.15) is 5.82 Å². The largest absolute Gasteiger partial charge is 0.314 e. The second-order valence-corrected chi connectivity index (χ2v) is 4.57. The Morgan fingerprint density at radius 2 is 1.88 bits per heavy atom. The van der Waals surface area contributed by atoms with Crippen LogP contribution < -0.4 is 5.32 Å². The first kappa shape index (κ1) is 14.2. The number of likely N-dealkylation sites (N-methyl/N-ethyl adjacent to an activating group) is 1. The molecule has 0 aliphatic carbocycles. The number of rotatable bonds is 7. The van der Waals surface area contributed by atoms with Gasteiger partial charge in [0.15, 0.2) is 0 Å². The van der Waals surface area contributed by atoms with Gasteiger partial charge in [-0.25, -0.2) is 4.39 Å². The smallest absolute Gasteiger partial charge is 0.123 e. The zero-order valence-corrected chi connectivity index (χ0v) is 11.2. The molecule has 1 N–H and O–H groups in total. The molecule has 96 valence electrons. The molecule has 0 fully saturated rings. The van der Waals surface area contributed by atoms with Crippen molar-refractivity contribution in [2.24, 2.45) is 5.92 Å². The zero-order valence-electron chi connectivity index (χ0n) is 11.2. The van der Waals surface area contributed by atoms with Gasteiger partial charge in [0.2, 0.25) is 0 Å². The Morgan fingerprint density at radius 1 is 1.18 bits per heavy atom. The Balaban J connectivity index is 2.71. The molecule has 1 aromatic carbocycles. The number of halogens is 1. The summed E-state index contributed by atoms with van der Waals surface area (Å²) >= 11 is 0. The molecule has 2 heteroatoms. The van der Waals surface area contributed by atoms with Crippen molar-refractivity contribution in [1.82, 2.24) is 5.32 Å². The van der Waals surface area contributed by atoms with Crippen LogP contribution in [0.2, 0.25) is 0 Å². The first-order valence-electron chi connectivity index (χ1n) is 6.69. The molecule has 0 aliphatic rings. The van der Waals surface area contributed by atoms with Gasteiger partial charge in [0.25, 0.3) is 0 Å². The van der Waals surface area contributed by atoms with E-state index in [9.17, 15) is 4.39 Å². The fraction of sp³-hybridized carbons (Fsp3) is 0.600. The molecule has 1 unspecified atom stereocenters. The summed E-state index contributed by atoms with van der Waals surface area (Å²) in [6.07, 6.45) is 3.25. The Hall–Kier alpha value is -0.890. The number of hydrogen-bond donors (Lipinski definition) is 1. The molecule has 0 spiro atoms. The third-order valence-corrected chi connectivity index (χ3v) is 3.43. The highest BCUT2D eigenvalue weighted by molar-refractivity contribution is 5.17. The van der Waals surface area contributed by atoms with Crippen molar-refractivity contribution in [1.29, 1.82) is 0 Å². The summed E-state index contributed by atoms with van der Waals surface area (Å²) in [6.45, 7) is 7.55. The van der Waals surface area contributed by atoms with E-state index >= 15 is 0 Å². The maximum absolute atomic E-state index is 13.1. The van der Waals surface area contributed by atoms with Gasteiger partial charge >= 0.3 is 0 Å². The van der Waals surface area contributed by atoms with Crippen LogP contribution in [0.15, 0.2) is 24.3 Å². The Morgan fingerprint density at radius 3 is 2.41 bits per heavy atom. The number of benzene rings is 1. The molecule has 1 nitrogen and oxygen atoms in total. The average Bonchev–Trinajstić information content (AvgIpc) is 2.31. The van der Waals surface area contributed by atoms with Crippen LogP contribution in [0.5, 0.6) is 0 Å². The summed E-state index contributed by atoms with van der Waals surface area (Å²) in [7, 11) is 0. The molecular weight excluding hydrogens is 213 g/mol. The predicted octanol–water partition coefficient (Wildman–Crippen LogP) is 3.78. The molecule has 0 amide bonds. The van der Waals surface area contributed by atoms with Crippen LogP contribution in [0.25, 0.3) is 0 Å². The fourth-order valence-electron chi connectivity index (χ4n) is 2.44. The van der Waals surface area contributed by atoms with Crippen LogP contribution in [0.1, 0.15) is 39.2 Å². The number of hydrogen-bond acceptors (Lipinski definition) is 1. The van der Waals surface area contributed by atoms with E-state index in [1.54, 1.807) is 12.1 Å². The fourth-order valence-corrected chi connectivity index (χ4v) is 2.44. The van der Waals surface area contributed by atoms with Crippen molar-refractivity contribution in [3.63, 3.8) is 0 Å². The van der Waals surface area contributed by atoms with Gasteiger partial charge in [-0.2, -0.15) is 0 Å². The molecule has 1 aromatic rings. The molecule has 0 saturated carbocycles. The van der Waals surface area contributed by atoms with Crippen LogP contribution in [0, 0.1) is 11.7 Å². The molecule has 0 heterocycles. The van der Waals surface area contributed by atoms with E-state index in [0.29, 0.717) is 12.0 Å². The second-order valence-electron chi connectivity index (χ2n) is 4.57. The number of nitrogens with one attached hydrogen (secondary N) is 1. The first-order valence-corrected chi connectivity index (χ1v) is 6.69. The molecule has 0 bridgehead atoms. The van der Waals surface area contributed by atoms with Crippen LogP contribution in [-0.2, 0) is 6.42 Å². The zero-order chi connectivity index (χ0) is 12.7. The van der Waals surface area contributed by atoms with Crippen molar-refractivity contribution in [2.45, 2.75) is 46.1 Å². The van der Waals surface area contributed by atoms with Crippen molar-refractivity contribution >= 4 is 0 Å². The van der Waals surface area contributed by atoms with Crippen LogP contribution >= 0.6 is 0 Å². The van der Waals surface area contributed by atoms with E-state index in [1.807, 2.05) is 6.07 Å². The summed E-state index contributed by atoms with van der Waals surface area (Å²) < 4.78 is 13.1. The lowest BCUT2D eigenvalue weighted by molar-refractivity contribution is 0.336. The maximum atomic E-state index is 13.1. The van der Waals surface area contributed by atoms with E-state index in [0.717, 1.165) is 18.5 Å². The lowest BCUT2D eigenvalue weighted by atomic mass is 9.89. The van der Waals surface area contributed by atoms with Crippen molar-refractivity contribution in [2.75, 3.05) is 6.54 Å². The lowest BCUT2D eigenvalue weighted by Crippen LogP contribution is -2.37. The van der Waals surface area contributed by atoms with E-state index in [1.165, 1.54) is 18.9 Å². The molecule has 1 atom stereocenters. The Kier molecular flexibility index (Phi) is 6.20. The SMILES string of the molecule is CCNC(Cc1cccc(F)c1)C(CC)CC. The van der Waals surface area contributed by atoms with Gasteiger partial charge in [0.05, 0.1) is 0 Å². The molecule has 0 saturated heterocycles. The molecule has 0 aromatic heterocycles. The highest BCUT2D eigenvalue weighted by Gasteiger charge is 2.17. The minimum Gasteiger partial charge on any atom is -0.314 e. The van der Waals surface area contributed by atoms with Crippen LogP contribution in [0.4, 0.5) is 4.39 Å². The quantitative estimate of drug-likeness (QED) is 0.761. The average molecular weight is 237 g/mol. The molecule has 17 heavy (non-hydrogen) atoms. The monoisotopic (exact) mass is 237 g/mol. The highest BCUT2D eigenvalue weighted by atomic mass is 19.1. The topological polar surface area (TPSA) is 12.0 Å². The van der Waals surface area contributed by atoms with E-state index in [2.05, 4.69) is 26.1 Å². The lowest BCUT2D eigenvalue weighted by Gasteiger charge is -2.26. The molecule has 1 rings (SSSR count). The Bertz CT molecular complexity index is 320. The van der Waals surface area contributed by atoms with Gasteiger partial charge in [-0.05, 0) is 36.6 Å². The van der Waals surface area contributed by atoms with Crippen molar-refractivity contribution in [3.05, 3.63) is 35.6 Å². The van der Waals surface area contributed by atoms with Crippen LogP contribution in [-0.4, -0.2) is 12.6 Å². The predicted molar refractivity (Wildman–Crippen MR) is 71.6 cm³/mol. The van der Waals surface area contributed by atoms with Gasteiger partial charge in [-0.3, -0.25) is 0 Å². The standard InChI is InChI=1S/C15H24FN/c1-4-13(5-2)15(17-6-3)11-12-8-7-9-14(16)10-12/h7-10,13,15,17H,4-6,11H2,1-3H3. The van der Waals surface area contributed by atoms with Gasteiger partial charge < -0.3 is 5.32 Å². The Labute approximate surface area is 104 Å². The van der Waals surface area contributed by atoms with Gasteiger partial charge in [-0.15, -0.1) is 0 Å². The minimum atomic E-state index is -0.137. The molecule has 0 radical (unpaired) electrons. The van der Waals surface area contributed by atoms with E-state index in [4.69, 9.17) is 0 Å². The highest BCUT2D eigenvalue weighted by Crippen LogP contribution is 2.18. The third-order valence-electron chi connectivity index (χ3n) is 3.43. The summed E-state index contributed by atoms with van der Waals surface area (Å²) in [5.41, 5.74) is 1.09. The second kappa shape index (κ2) is 7.44. The molecule has 0 aliphatic heterocycles. The van der Waals surface area contributed by atoms with Crippen molar-refractivity contribution < 1.29 is 4.39 Å².